The first-order valence-electron chi connectivity index (χ1n) is 12.1. The molecule has 0 N–H and O–H groups in total. The molecule has 2 aliphatic heterocycles. The zero-order valence-electron chi connectivity index (χ0n) is 20.0. The summed E-state index contributed by atoms with van der Waals surface area (Å²) in [7, 11) is 8.77. The second kappa shape index (κ2) is 11.0. The van der Waals surface area contributed by atoms with Crippen molar-refractivity contribution in [3.05, 3.63) is 72.8 Å². The van der Waals surface area contributed by atoms with Gasteiger partial charge in [0.15, 0.2) is 0 Å². The summed E-state index contributed by atoms with van der Waals surface area (Å²) < 4.78 is 1.89. The molecule has 33 heavy (non-hydrogen) atoms. The molecular formula is C28H34Cl2Si2Zr-2. The van der Waals surface area contributed by atoms with Gasteiger partial charge >= 0.3 is 46.5 Å². The topological polar surface area (TPSA) is 0 Å². The van der Waals surface area contributed by atoms with Crippen LogP contribution in [0.1, 0.15) is 19.8 Å². The third-order valence-corrected chi connectivity index (χ3v) is 20.8. The van der Waals surface area contributed by atoms with Gasteiger partial charge in [0.2, 0.25) is 0 Å². The van der Waals surface area contributed by atoms with Crippen LogP contribution in [0.3, 0.4) is 0 Å². The largest absolute Gasteiger partial charge is 0.168 e. The Kier molecular flexibility index (Phi) is 8.51. The molecule has 0 nitrogen and oxygen atoms in total. The number of benzene rings is 2. The van der Waals surface area contributed by atoms with Crippen LogP contribution in [-0.4, -0.2) is 19.9 Å². The van der Waals surface area contributed by atoms with Gasteiger partial charge in [-0.1, -0.05) is 62.2 Å². The molecule has 5 heteroatoms. The Labute approximate surface area is 215 Å². The first-order valence-corrected chi connectivity index (χ1v) is 25.7. The molecule has 2 heterocycles. The van der Waals surface area contributed by atoms with E-state index in [4.69, 9.17) is 17.0 Å². The van der Waals surface area contributed by atoms with E-state index in [2.05, 4.69) is 85.9 Å². The Hall–Kier alpha value is -0.573. The summed E-state index contributed by atoms with van der Waals surface area (Å²) in [6.45, 7) is 6.98. The molecule has 4 aromatic carbocycles. The molecule has 4 aromatic rings. The van der Waals surface area contributed by atoms with Crippen LogP contribution in [0.4, 0.5) is 0 Å². The van der Waals surface area contributed by atoms with E-state index in [0.717, 1.165) is 0 Å². The van der Waals surface area contributed by atoms with Gasteiger partial charge < -0.3 is 0 Å². The fourth-order valence-corrected chi connectivity index (χ4v) is 11.9. The molecule has 0 aromatic heterocycles. The Morgan fingerprint density at radius 3 is 1.36 bits per heavy atom. The van der Waals surface area contributed by atoms with Gasteiger partial charge in [-0.3, -0.25) is 0 Å². The molecular weight excluding hydrogens is 555 g/mol. The maximum atomic E-state index is 5.37. The van der Waals surface area contributed by atoms with Crippen molar-refractivity contribution in [1.29, 1.82) is 0 Å². The Bertz CT molecular complexity index is 1150. The van der Waals surface area contributed by atoms with Crippen molar-refractivity contribution in [3.8, 4) is 0 Å². The third kappa shape index (κ3) is 5.65. The summed E-state index contributed by atoms with van der Waals surface area (Å²) in [6.07, 6.45) is 2.92. The average molecular weight is 589 g/mol. The van der Waals surface area contributed by atoms with E-state index in [1.807, 2.05) is 10.6 Å². The van der Waals surface area contributed by atoms with Gasteiger partial charge in [-0.2, -0.15) is 24.3 Å². The summed E-state index contributed by atoms with van der Waals surface area (Å²) in [5.74, 6) is 0. The molecule has 2 fully saturated rings. The minimum absolute atomic E-state index is 0.985. The van der Waals surface area contributed by atoms with E-state index in [9.17, 15) is 0 Å². The molecule has 0 aliphatic carbocycles. The van der Waals surface area contributed by atoms with Gasteiger partial charge in [-0.15, -0.1) is 68.3 Å². The number of halogens is 2. The molecule has 6 rings (SSSR count). The van der Waals surface area contributed by atoms with Crippen LogP contribution in [0.5, 0.6) is 0 Å². The number of fused-ring (bicyclic) bond motifs is 2. The Morgan fingerprint density at radius 1 is 0.697 bits per heavy atom. The van der Waals surface area contributed by atoms with Crippen molar-refractivity contribution in [2.75, 3.05) is 0 Å². The molecule has 0 atom stereocenters. The standard InChI is InChI=1S/2C13H15Si.C2H4.2ClH.Zr/c2*1-14(9-4-10-14)13-8-7-11-5-2-3-6-12(11)13;1-2;;;/h2*2-3,5-8H,4,9-10H2,1H3;1H,2H3;2*1H;/q2*-1;;;;+2/p-2. The van der Waals surface area contributed by atoms with Crippen molar-refractivity contribution in [3.63, 3.8) is 0 Å². The van der Waals surface area contributed by atoms with Gasteiger partial charge in [-0.05, 0) is 0 Å². The van der Waals surface area contributed by atoms with Gasteiger partial charge in [0.1, 0.15) is 0 Å². The molecule has 0 radical (unpaired) electrons. The zero-order valence-corrected chi connectivity index (χ0v) is 26.0. The van der Waals surface area contributed by atoms with Crippen molar-refractivity contribution in [2.45, 2.75) is 57.0 Å². The molecule has 0 spiro atoms. The minimum atomic E-state index is -1.76. The average Bonchev–Trinajstić information content (AvgIpc) is 3.42. The van der Waals surface area contributed by atoms with Crippen LogP contribution < -0.4 is 10.4 Å². The predicted molar refractivity (Wildman–Crippen MR) is 153 cm³/mol. The van der Waals surface area contributed by atoms with Crippen LogP contribution in [0.25, 0.3) is 21.5 Å². The predicted octanol–water partition coefficient (Wildman–Crippen LogP) is 8.23. The van der Waals surface area contributed by atoms with E-state index >= 15 is 0 Å². The van der Waals surface area contributed by atoms with Crippen LogP contribution >= 0.6 is 17.0 Å². The molecule has 2 aliphatic rings. The van der Waals surface area contributed by atoms with Crippen LogP contribution in [0, 0.1) is 0 Å². The van der Waals surface area contributed by atoms with E-state index in [1.54, 1.807) is 10.4 Å². The smallest absolute Gasteiger partial charge is 0.0350 e. The van der Waals surface area contributed by atoms with Gasteiger partial charge in [0.25, 0.3) is 0 Å². The van der Waals surface area contributed by atoms with Crippen molar-refractivity contribution in [2.24, 2.45) is 0 Å². The molecule has 2 saturated heterocycles. The SMILES string of the molecule is C[CH]=[Zr]([Cl])[Cl].C[Si]1([c-]2ccc3ccccc32)CCC1.C[Si]1([c-]2ccc3ccccc32)CCC1. The molecule has 0 bridgehead atoms. The Balaban J connectivity index is 0.000000132. The van der Waals surface area contributed by atoms with Crippen molar-refractivity contribution in [1.82, 2.24) is 0 Å². The zero-order chi connectivity index (χ0) is 23.5. The van der Waals surface area contributed by atoms with Gasteiger partial charge in [0, 0.05) is 16.1 Å². The van der Waals surface area contributed by atoms with Crippen molar-refractivity contribution < 1.29 is 18.9 Å². The van der Waals surface area contributed by atoms with E-state index in [1.165, 1.54) is 58.6 Å². The molecule has 0 saturated carbocycles. The van der Waals surface area contributed by atoms with Gasteiger partial charge in [0.05, 0.1) is 0 Å². The van der Waals surface area contributed by atoms with E-state index < -0.39 is 35.0 Å². The summed E-state index contributed by atoms with van der Waals surface area (Å²) in [4.78, 5) is 0. The summed E-state index contributed by atoms with van der Waals surface area (Å²) >= 11 is -1.76. The summed E-state index contributed by atoms with van der Waals surface area (Å²) in [5, 5.41) is 9.34. The fraction of sp³-hybridized carbons (Fsp3) is 0.321. The van der Waals surface area contributed by atoms with Crippen LogP contribution in [0.15, 0.2) is 72.8 Å². The first kappa shape index (κ1) is 25.5. The third-order valence-electron chi connectivity index (χ3n) is 7.79. The summed E-state index contributed by atoms with van der Waals surface area (Å²) in [5.41, 5.74) is 0. The monoisotopic (exact) mass is 586 g/mol. The maximum Gasteiger partial charge on any atom is 0.0350 e. The normalized spacial score (nSPS) is 17.6. The van der Waals surface area contributed by atoms with Crippen LogP contribution in [0.2, 0.25) is 37.3 Å². The number of hydrogen-bond acceptors (Lipinski definition) is 0. The summed E-state index contributed by atoms with van der Waals surface area (Å²) in [6, 6.07) is 33.0. The molecule has 0 unspecified atom stereocenters. The molecule has 0 amide bonds. The van der Waals surface area contributed by atoms with E-state index in [-0.39, 0.29) is 0 Å². The fourth-order valence-electron chi connectivity index (χ4n) is 5.31. The number of hydrogen-bond donors (Lipinski definition) is 0. The quantitative estimate of drug-likeness (QED) is 0.163. The number of rotatable bonds is 2. The van der Waals surface area contributed by atoms with Gasteiger partial charge in [-0.25, -0.2) is 0 Å². The first-order chi connectivity index (χ1) is 15.9. The Morgan fingerprint density at radius 2 is 1.06 bits per heavy atom. The second-order valence-electron chi connectivity index (χ2n) is 10.1. The maximum absolute atomic E-state index is 5.37. The van der Waals surface area contributed by atoms with E-state index in [0.29, 0.717) is 0 Å². The molecule has 174 valence electrons. The van der Waals surface area contributed by atoms with Crippen molar-refractivity contribution >= 4 is 68.8 Å². The second-order valence-corrected chi connectivity index (χ2v) is 28.2. The minimum Gasteiger partial charge on any atom is -0.168 e. The van der Waals surface area contributed by atoms with Crippen LogP contribution in [-0.2, 0) is 18.9 Å².